The Kier molecular flexibility index (Phi) is 5.52. The van der Waals surface area contributed by atoms with Crippen LogP contribution < -0.4 is 4.90 Å². The highest BCUT2D eigenvalue weighted by Gasteiger charge is 2.30. The standard InChI is InChI=1S/C23H25N5O3S/c29-23(21-17-26(25-24-21)16-18-7-2-1-3-8-18)28-14-6-9-19-15-20(10-11-22(19)28)32(30,31)27-12-4-5-13-27/h1-3,7-8,10-11,15,17H,4-6,9,12-14,16H2. The van der Waals surface area contributed by atoms with Crippen molar-refractivity contribution < 1.29 is 13.2 Å². The number of hydrogen-bond acceptors (Lipinski definition) is 5. The van der Waals surface area contributed by atoms with Crippen molar-refractivity contribution in [1.29, 1.82) is 0 Å². The van der Waals surface area contributed by atoms with E-state index in [0.29, 0.717) is 31.1 Å². The zero-order valence-electron chi connectivity index (χ0n) is 17.7. The molecule has 0 atom stereocenters. The highest BCUT2D eigenvalue weighted by Crippen LogP contribution is 2.32. The molecule has 0 unspecified atom stereocenters. The fraction of sp³-hybridized carbons (Fsp3) is 0.348. The van der Waals surface area contributed by atoms with Crippen LogP contribution >= 0.6 is 0 Å². The van der Waals surface area contributed by atoms with Gasteiger partial charge in [-0.15, -0.1) is 5.10 Å². The van der Waals surface area contributed by atoms with Crippen LogP contribution in [0.2, 0.25) is 0 Å². The number of rotatable bonds is 5. The Morgan fingerprint density at radius 2 is 1.75 bits per heavy atom. The molecule has 32 heavy (non-hydrogen) atoms. The van der Waals surface area contributed by atoms with Crippen molar-refractivity contribution >= 4 is 21.6 Å². The Labute approximate surface area is 187 Å². The predicted octanol–water partition coefficient (Wildman–Crippen LogP) is 2.70. The Balaban J connectivity index is 1.38. The fourth-order valence-electron chi connectivity index (χ4n) is 4.40. The number of carbonyl (C=O) groups is 1. The average Bonchev–Trinajstić information content (AvgIpc) is 3.51. The Bertz CT molecular complexity index is 1230. The second-order valence-electron chi connectivity index (χ2n) is 8.25. The summed E-state index contributed by atoms with van der Waals surface area (Å²) in [6.07, 6.45) is 4.97. The maximum atomic E-state index is 13.2. The molecule has 166 valence electrons. The molecule has 2 aliphatic rings. The van der Waals surface area contributed by atoms with E-state index in [4.69, 9.17) is 0 Å². The van der Waals surface area contributed by atoms with Crippen molar-refractivity contribution in [3.8, 4) is 0 Å². The molecule has 0 aliphatic carbocycles. The molecule has 0 saturated carbocycles. The number of aromatic nitrogens is 3. The maximum absolute atomic E-state index is 13.2. The smallest absolute Gasteiger partial charge is 0.280 e. The van der Waals surface area contributed by atoms with E-state index in [9.17, 15) is 13.2 Å². The van der Waals surface area contributed by atoms with Crippen LogP contribution in [0.4, 0.5) is 5.69 Å². The first-order valence-corrected chi connectivity index (χ1v) is 12.4. The molecule has 2 aliphatic heterocycles. The number of fused-ring (bicyclic) bond motifs is 1. The highest BCUT2D eigenvalue weighted by molar-refractivity contribution is 7.89. The first-order chi connectivity index (χ1) is 15.5. The third kappa shape index (κ3) is 3.93. The lowest BCUT2D eigenvalue weighted by molar-refractivity contribution is 0.0980. The molecule has 5 rings (SSSR count). The molecular formula is C23H25N5O3S. The van der Waals surface area contributed by atoms with Gasteiger partial charge in [-0.05, 0) is 55.0 Å². The number of amides is 1. The molecule has 0 bridgehead atoms. The van der Waals surface area contributed by atoms with Crippen molar-refractivity contribution in [2.45, 2.75) is 37.1 Å². The summed E-state index contributed by atoms with van der Waals surface area (Å²) < 4.78 is 29.1. The fourth-order valence-corrected chi connectivity index (χ4v) is 5.97. The summed E-state index contributed by atoms with van der Waals surface area (Å²) >= 11 is 0. The average molecular weight is 452 g/mol. The van der Waals surface area contributed by atoms with E-state index in [1.165, 1.54) is 0 Å². The Morgan fingerprint density at radius 1 is 0.969 bits per heavy atom. The molecular weight excluding hydrogens is 426 g/mol. The van der Waals surface area contributed by atoms with Crippen LogP contribution in [-0.2, 0) is 23.0 Å². The van der Waals surface area contributed by atoms with Crippen molar-refractivity contribution in [1.82, 2.24) is 19.3 Å². The summed E-state index contributed by atoms with van der Waals surface area (Å²) in [6.45, 7) is 2.25. The summed E-state index contributed by atoms with van der Waals surface area (Å²) in [6, 6.07) is 15.0. The molecule has 1 amide bonds. The molecule has 8 nitrogen and oxygen atoms in total. The van der Waals surface area contributed by atoms with Crippen LogP contribution in [0.3, 0.4) is 0 Å². The largest absolute Gasteiger partial charge is 0.307 e. The van der Waals surface area contributed by atoms with Crippen LogP contribution in [0, 0.1) is 0 Å². The Hall–Kier alpha value is -3.04. The minimum Gasteiger partial charge on any atom is -0.307 e. The van der Waals surface area contributed by atoms with Gasteiger partial charge in [0.1, 0.15) is 0 Å². The van der Waals surface area contributed by atoms with Crippen LogP contribution in [-0.4, -0.2) is 53.3 Å². The monoisotopic (exact) mass is 451 g/mol. The first-order valence-electron chi connectivity index (χ1n) is 10.9. The lowest BCUT2D eigenvalue weighted by Gasteiger charge is -2.29. The summed E-state index contributed by atoms with van der Waals surface area (Å²) in [5, 5.41) is 8.20. The van der Waals surface area contributed by atoms with E-state index in [1.54, 1.807) is 38.3 Å². The van der Waals surface area contributed by atoms with Gasteiger partial charge in [-0.25, -0.2) is 13.1 Å². The van der Waals surface area contributed by atoms with Gasteiger partial charge in [-0.3, -0.25) is 4.79 Å². The van der Waals surface area contributed by atoms with E-state index in [1.807, 2.05) is 30.3 Å². The van der Waals surface area contributed by atoms with Gasteiger partial charge in [0.05, 0.1) is 17.6 Å². The van der Waals surface area contributed by atoms with Crippen molar-refractivity contribution in [3.63, 3.8) is 0 Å². The molecule has 9 heteroatoms. The minimum atomic E-state index is -3.48. The number of aryl methyl sites for hydroxylation is 1. The van der Waals surface area contributed by atoms with Crippen molar-refractivity contribution in [2.75, 3.05) is 24.5 Å². The van der Waals surface area contributed by atoms with Crippen molar-refractivity contribution in [3.05, 3.63) is 71.5 Å². The summed E-state index contributed by atoms with van der Waals surface area (Å²) in [5.74, 6) is -0.222. The van der Waals surface area contributed by atoms with E-state index in [-0.39, 0.29) is 11.6 Å². The van der Waals surface area contributed by atoms with Crippen molar-refractivity contribution in [2.24, 2.45) is 0 Å². The summed E-state index contributed by atoms with van der Waals surface area (Å²) in [4.78, 5) is 15.2. The molecule has 1 aromatic heterocycles. The molecule has 3 aromatic rings. The van der Waals surface area contributed by atoms with Gasteiger partial charge in [-0.1, -0.05) is 35.5 Å². The normalized spacial score (nSPS) is 16.8. The zero-order chi connectivity index (χ0) is 22.1. The first kappa shape index (κ1) is 20.8. The Morgan fingerprint density at radius 3 is 2.53 bits per heavy atom. The van der Waals surface area contributed by atoms with Gasteiger partial charge in [-0.2, -0.15) is 4.31 Å². The molecule has 1 saturated heterocycles. The van der Waals surface area contributed by atoms with E-state index in [2.05, 4.69) is 10.3 Å². The number of hydrogen-bond donors (Lipinski definition) is 0. The van der Waals surface area contributed by atoms with Crippen LogP contribution in [0.1, 0.15) is 40.9 Å². The SMILES string of the molecule is O=C(c1cn(Cc2ccccc2)nn1)N1CCCc2cc(S(=O)(=O)N3CCCC3)ccc21. The lowest BCUT2D eigenvalue weighted by atomic mass is 10.0. The third-order valence-electron chi connectivity index (χ3n) is 6.06. The number of carbonyl (C=O) groups excluding carboxylic acids is 1. The van der Waals surface area contributed by atoms with Gasteiger partial charge in [0.15, 0.2) is 5.69 Å². The second kappa shape index (κ2) is 8.48. The van der Waals surface area contributed by atoms with Gasteiger partial charge >= 0.3 is 0 Å². The van der Waals surface area contributed by atoms with Crippen LogP contribution in [0.25, 0.3) is 0 Å². The third-order valence-corrected chi connectivity index (χ3v) is 7.96. The quantitative estimate of drug-likeness (QED) is 0.595. The number of benzene rings is 2. The molecule has 0 spiro atoms. The van der Waals surface area contributed by atoms with E-state index >= 15 is 0 Å². The van der Waals surface area contributed by atoms with Crippen LogP contribution in [0.5, 0.6) is 0 Å². The van der Waals surface area contributed by atoms with Gasteiger partial charge in [0.25, 0.3) is 5.91 Å². The molecule has 1 fully saturated rings. The predicted molar refractivity (Wildman–Crippen MR) is 120 cm³/mol. The van der Waals surface area contributed by atoms with Gasteiger partial charge in [0, 0.05) is 25.3 Å². The summed E-state index contributed by atoms with van der Waals surface area (Å²) in [7, 11) is -3.48. The molecule has 0 radical (unpaired) electrons. The van der Waals surface area contributed by atoms with Gasteiger partial charge < -0.3 is 4.90 Å². The summed E-state index contributed by atoms with van der Waals surface area (Å²) in [5.41, 5.74) is 2.98. The lowest BCUT2D eigenvalue weighted by Crippen LogP contribution is -2.36. The van der Waals surface area contributed by atoms with E-state index in [0.717, 1.165) is 42.5 Å². The number of nitrogens with zero attached hydrogens (tertiary/aromatic N) is 5. The molecule has 3 heterocycles. The number of anilines is 1. The van der Waals surface area contributed by atoms with E-state index < -0.39 is 10.0 Å². The maximum Gasteiger partial charge on any atom is 0.280 e. The molecule has 0 N–H and O–H groups in total. The van der Waals surface area contributed by atoms with Gasteiger partial charge in [0.2, 0.25) is 10.0 Å². The highest BCUT2D eigenvalue weighted by atomic mass is 32.2. The minimum absolute atomic E-state index is 0.222. The number of sulfonamides is 1. The topological polar surface area (TPSA) is 88.4 Å². The molecule has 2 aromatic carbocycles. The van der Waals surface area contributed by atoms with Crippen LogP contribution in [0.15, 0.2) is 59.6 Å². The second-order valence-corrected chi connectivity index (χ2v) is 10.2. The zero-order valence-corrected chi connectivity index (χ0v) is 18.5.